The maximum absolute atomic E-state index is 13.0. The number of rotatable bonds is 2. The molecule has 0 aromatic heterocycles. The Morgan fingerprint density at radius 1 is 1.20 bits per heavy atom. The largest absolute Gasteiger partial charge is 0.324 e. The first-order chi connectivity index (χ1) is 7.07. The van der Waals surface area contributed by atoms with Crippen LogP contribution in [0.1, 0.15) is 31.2 Å². The summed E-state index contributed by atoms with van der Waals surface area (Å²) in [6.45, 7) is 0. The molecule has 0 spiro atoms. The van der Waals surface area contributed by atoms with E-state index in [2.05, 4.69) is 15.9 Å². The molecule has 0 heterocycles. The number of hydrogen-bond donors (Lipinski definition) is 1. The van der Waals surface area contributed by atoms with Crippen molar-refractivity contribution in [1.82, 2.24) is 0 Å². The molecule has 0 saturated heterocycles. The highest BCUT2D eigenvalue weighted by Crippen LogP contribution is 2.64. The molecule has 1 aromatic rings. The Balaban J connectivity index is 2.06. The topological polar surface area (TPSA) is 26.0 Å². The van der Waals surface area contributed by atoms with Gasteiger partial charge >= 0.3 is 0 Å². The third-order valence-corrected chi connectivity index (χ3v) is 4.59. The molecule has 0 aliphatic heterocycles. The highest BCUT2D eigenvalue weighted by molar-refractivity contribution is 9.10. The van der Waals surface area contributed by atoms with Gasteiger partial charge in [-0.2, -0.15) is 0 Å². The van der Waals surface area contributed by atoms with Crippen molar-refractivity contribution in [1.29, 1.82) is 0 Å². The van der Waals surface area contributed by atoms with Gasteiger partial charge in [0.2, 0.25) is 0 Å². The Morgan fingerprint density at radius 2 is 1.87 bits per heavy atom. The lowest BCUT2D eigenvalue weighted by Gasteiger charge is -2.24. The summed E-state index contributed by atoms with van der Waals surface area (Å²) in [4.78, 5) is 0. The average molecular weight is 270 g/mol. The number of hydrogen-bond acceptors (Lipinski definition) is 1. The number of nitrogens with two attached hydrogens (primary N) is 1. The first-order valence-corrected chi connectivity index (χ1v) is 6.11. The van der Waals surface area contributed by atoms with Gasteiger partial charge in [0.05, 0.1) is 0 Å². The van der Waals surface area contributed by atoms with Crippen molar-refractivity contribution in [2.24, 2.45) is 5.73 Å². The van der Waals surface area contributed by atoms with E-state index in [9.17, 15) is 4.39 Å². The van der Waals surface area contributed by atoms with Gasteiger partial charge in [-0.25, -0.2) is 4.39 Å². The summed E-state index contributed by atoms with van der Waals surface area (Å²) in [7, 11) is 0. The minimum absolute atomic E-state index is 0.00660. The van der Waals surface area contributed by atoms with Gasteiger partial charge < -0.3 is 5.73 Å². The quantitative estimate of drug-likeness (QED) is 0.878. The first-order valence-electron chi connectivity index (χ1n) is 5.32. The van der Waals surface area contributed by atoms with E-state index >= 15 is 0 Å². The van der Waals surface area contributed by atoms with Crippen LogP contribution in [0.5, 0.6) is 0 Å². The van der Waals surface area contributed by atoms with Crippen LogP contribution < -0.4 is 5.73 Å². The van der Waals surface area contributed by atoms with Crippen LogP contribution in [0, 0.1) is 5.82 Å². The molecule has 2 aliphatic rings. The Kier molecular flexibility index (Phi) is 1.85. The van der Waals surface area contributed by atoms with Crippen LogP contribution in [0.2, 0.25) is 0 Å². The van der Waals surface area contributed by atoms with Crippen LogP contribution >= 0.6 is 15.9 Å². The maximum Gasteiger partial charge on any atom is 0.124 e. The summed E-state index contributed by atoms with van der Waals surface area (Å²) >= 11 is 3.45. The summed E-state index contributed by atoms with van der Waals surface area (Å²) in [6.07, 6.45) is 4.51. The average Bonchev–Trinajstić information content (AvgIpc) is 3.01. The second-order valence-electron chi connectivity index (χ2n) is 4.86. The van der Waals surface area contributed by atoms with E-state index < -0.39 is 0 Å². The van der Waals surface area contributed by atoms with Gasteiger partial charge in [-0.05, 0) is 43.4 Å². The Hall–Kier alpha value is -0.410. The maximum atomic E-state index is 13.0. The van der Waals surface area contributed by atoms with Gasteiger partial charge in [0.25, 0.3) is 0 Å². The van der Waals surface area contributed by atoms with Gasteiger partial charge in [-0.15, -0.1) is 0 Å². The molecule has 2 fully saturated rings. The first kappa shape index (κ1) is 9.79. The second kappa shape index (κ2) is 2.83. The van der Waals surface area contributed by atoms with Crippen molar-refractivity contribution in [2.45, 2.75) is 36.6 Å². The van der Waals surface area contributed by atoms with Crippen LogP contribution in [-0.4, -0.2) is 5.54 Å². The summed E-state index contributed by atoms with van der Waals surface area (Å²) < 4.78 is 13.9. The van der Waals surface area contributed by atoms with E-state index in [4.69, 9.17) is 5.73 Å². The van der Waals surface area contributed by atoms with E-state index in [0.717, 1.165) is 30.2 Å². The molecule has 1 nitrogen and oxygen atoms in total. The molecule has 80 valence electrons. The molecule has 15 heavy (non-hydrogen) atoms. The fourth-order valence-electron chi connectivity index (χ4n) is 2.65. The van der Waals surface area contributed by atoms with Gasteiger partial charge in [0.15, 0.2) is 0 Å². The highest BCUT2D eigenvalue weighted by Gasteiger charge is 2.64. The Bertz CT molecular complexity index is 422. The zero-order valence-electron chi connectivity index (χ0n) is 8.39. The third-order valence-electron chi connectivity index (χ3n) is 3.94. The molecule has 3 rings (SSSR count). The van der Waals surface area contributed by atoms with Crippen LogP contribution in [-0.2, 0) is 5.41 Å². The summed E-state index contributed by atoms with van der Waals surface area (Å²) in [5, 5.41) is 0. The molecule has 0 unspecified atom stereocenters. The fraction of sp³-hybridized carbons (Fsp3) is 0.500. The number of halogens is 2. The van der Waals surface area contributed by atoms with E-state index in [1.165, 1.54) is 11.6 Å². The molecule has 1 aromatic carbocycles. The van der Waals surface area contributed by atoms with E-state index in [-0.39, 0.29) is 16.8 Å². The minimum atomic E-state index is -0.191. The van der Waals surface area contributed by atoms with Gasteiger partial charge in [-0.1, -0.05) is 22.0 Å². The van der Waals surface area contributed by atoms with E-state index in [1.807, 2.05) is 6.07 Å². The number of benzene rings is 1. The molecular formula is C12H13BrFN. The molecule has 0 atom stereocenters. The van der Waals surface area contributed by atoms with Crippen molar-refractivity contribution in [3.8, 4) is 0 Å². The Labute approximate surface area is 97.0 Å². The normalized spacial score (nSPS) is 25.0. The monoisotopic (exact) mass is 269 g/mol. The predicted octanol–water partition coefficient (Wildman–Crippen LogP) is 3.11. The second-order valence-corrected chi connectivity index (χ2v) is 5.72. The summed E-state index contributed by atoms with van der Waals surface area (Å²) in [6, 6.07) is 4.96. The van der Waals surface area contributed by atoms with Gasteiger partial charge in [0.1, 0.15) is 5.82 Å². The molecule has 2 N–H and O–H groups in total. The third kappa shape index (κ3) is 1.29. The van der Waals surface area contributed by atoms with Gasteiger partial charge in [0, 0.05) is 15.4 Å². The predicted molar refractivity (Wildman–Crippen MR) is 61.2 cm³/mol. The van der Waals surface area contributed by atoms with Crippen LogP contribution in [0.4, 0.5) is 4.39 Å². The standard InChI is InChI=1S/C12H13BrFN/c13-10-7-8(14)1-2-9(10)11(3-4-11)12(15)5-6-12/h1-2,7H,3-6,15H2. The van der Waals surface area contributed by atoms with Crippen molar-refractivity contribution in [3.63, 3.8) is 0 Å². The van der Waals surface area contributed by atoms with Gasteiger partial charge in [-0.3, -0.25) is 0 Å². The summed E-state index contributed by atoms with van der Waals surface area (Å²) in [5.41, 5.74) is 7.64. The van der Waals surface area contributed by atoms with Crippen LogP contribution in [0.3, 0.4) is 0 Å². The molecule has 3 heteroatoms. The molecule has 0 bridgehead atoms. The van der Waals surface area contributed by atoms with Crippen molar-refractivity contribution >= 4 is 15.9 Å². The van der Waals surface area contributed by atoms with Crippen molar-refractivity contribution < 1.29 is 4.39 Å². The van der Waals surface area contributed by atoms with E-state index in [1.54, 1.807) is 6.07 Å². The lowest BCUT2D eigenvalue weighted by molar-refractivity contribution is 0.500. The van der Waals surface area contributed by atoms with E-state index in [0.29, 0.717) is 0 Å². The lowest BCUT2D eigenvalue weighted by atomic mass is 9.86. The van der Waals surface area contributed by atoms with Crippen LogP contribution in [0.25, 0.3) is 0 Å². The smallest absolute Gasteiger partial charge is 0.124 e. The molecular weight excluding hydrogens is 257 g/mol. The molecule has 0 amide bonds. The van der Waals surface area contributed by atoms with Crippen LogP contribution in [0.15, 0.2) is 22.7 Å². The highest BCUT2D eigenvalue weighted by atomic mass is 79.9. The molecule has 0 radical (unpaired) electrons. The summed E-state index contributed by atoms with van der Waals surface area (Å²) in [5.74, 6) is -0.191. The molecule has 2 saturated carbocycles. The lowest BCUT2D eigenvalue weighted by Crippen LogP contribution is -2.37. The Morgan fingerprint density at radius 3 is 2.33 bits per heavy atom. The van der Waals surface area contributed by atoms with Crippen molar-refractivity contribution in [3.05, 3.63) is 34.1 Å². The minimum Gasteiger partial charge on any atom is -0.324 e. The van der Waals surface area contributed by atoms with Crippen molar-refractivity contribution in [2.75, 3.05) is 0 Å². The SMILES string of the molecule is NC1(C2(c3ccc(F)cc3Br)CC2)CC1. The zero-order chi connectivity index (χ0) is 10.7. The molecule has 2 aliphatic carbocycles. The fourth-order valence-corrected chi connectivity index (χ4v) is 3.38. The zero-order valence-corrected chi connectivity index (χ0v) is 9.98.